The van der Waals surface area contributed by atoms with Crippen LogP contribution in [0, 0.1) is 0 Å². The van der Waals surface area contributed by atoms with Gasteiger partial charge in [-0.1, -0.05) is 0 Å². The summed E-state index contributed by atoms with van der Waals surface area (Å²) in [7, 11) is -2.89. The Morgan fingerprint density at radius 2 is 1.95 bits per heavy atom. The van der Waals surface area contributed by atoms with Crippen LogP contribution in [0.25, 0.3) is 0 Å². The second kappa shape index (κ2) is 6.11. The summed E-state index contributed by atoms with van der Waals surface area (Å²) < 4.78 is 24.6. The minimum Gasteiger partial charge on any atom is -0.506 e. The first-order valence-electron chi connectivity index (χ1n) is 5.99. The molecule has 2 rings (SSSR count). The number of benzene rings is 1. The quantitative estimate of drug-likeness (QED) is 0.797. The zero-order valence-corrected chi connectivity index (χ0v) is 14.2. The van der Waals surface area contributed by atoms with Crippen molar-refractivity contribution in [3.63, 3.8) is 0 Å². The van der Waals surface area contributed by atoms with Crippen LogP contribution in [0.4, 0.5) is 0 Å². The number of nitrogens with one attached hydrogen (secondary N) is 1. The molecule has 0 spiro atoms. The molecule has 1 fully saturated rings. The highest BCUT2D eigenvalue weighted by molar-refractivity contribution is 9.11. The highest BCUT2D eigenvalue weighted by Crippen LogP contribution is 2.33. The number of sulfone groups is 1. The Labute approximate surface area is 129 Å². The molecule has 0 saturated carbocycles. The molecule has 1 heterocycles. The first kappa shape index (κ1) is 15.3. The second-order valence-electron chi connectivity index (χ2n) is 4.67. The van der Waals surface area contributed by atoms with Gasteiger partial charge in [-0.15, -0.1) is 0 Å². The van der Waals surface area contributed by atoms with E-state index in [0.717, 1.165) is 18.4 Å². The third-order valence-electron chi connectivity index (χ3n) is 3.24. The molecule has 1 aromatic carbocycles. The highest BCUT2D eigenvalue weighted by atomic mass is 79.9. The molecule has 1 aliphatic heterocycles. The van der Waals surface area contributed by atoms with E-state index in [-0.39, 0.29) is 11.0 Å². The van der Waals surface area contributed by atoms with Gasteiger partial charge in [-0.25, -0.2) is 8.42 Å². The van der Waals surface area contributed by atoms with E-state index < -0.39 is 9.84 Å². The van der Waals surface area contributed by atoms with E-state index in [1.54, 1.807) is 0 Å². The third-order valence-corrected chi connectivity index (χ3v) is 6.73. The van der Waals surface area contributed by atoms with Crippen LogP contribution in [0.15, 0.2) is 21.1 Å². The lowest BCUT2D eigenvalue weighted by Crippen LogP contribution is -2.30. The summed E-state index contributed by atoms with van der Waals surface area (Å²) in [5.41, 5.74) is 0.979. The number of hydrogen-bond acceptors (Lipinski definition) is 4. The van der Waals surface area contributed by atoms with E-state index in [2.05, 4.69) is 37.2 Å². The van der Waals surface area contributed by atoms with Gasteiger partial charge in [0, 0.05) is 13.1 Å². The average molecular weight is 413 g/mol. The standard InChI is InChI=1S/C12H15Br2NO3S/c13-10-4-8(5-11(14)12(10)16)6-15-7-9-2-1-3-19(9,17)18/h4-5,9,15-16H,1-3,6-7H2. The van der Waals surface area contributed by atoms with Crippen molar-refractivity contribution in [3.8, 4) is 5.75 Å². The van der Waals surface area contributed by atoms with Crippen LogP contribution in [0.1, 0.15) is 18.4 Å². The van der Waals surface area contributed by atoms with Crippen molar-refractivity contribution in [2.75, 3.05) is 12.3 Å². The third kappa shape index (κ3) is 3.71. The molecule has 1 aliphatic rings. The molecule has 0 aliphatic carbocycles. The number of phenolic OH excluding ortho intramolecular Hbond substituents is 1. The lowest BCUT2D eigenvalue weighted by atomic mass is 10.2. The van der Waals surface area contributed by atoms with Gasteiger partial charge in [-0.2, -0.15) is 0 Å². The summed E-state index contributed by atoms with van der Waals surface area (Å²) in [6.45, 7) is 1.06. The molecular weight excluding hydrogens is 398 g/mol. The Morgan fingerprint density at radius 1 is 1.32 bits per heavy atom. The van der Waals surface area contributed by atoms with E-state index in [0.29, 0.717) is 27.8 Å². The van der Waals surface area contributed by atoms with Gasteiger partial charge in [0.2, 0.25) is 0 Å². The molecule has 1 atom stereocenters. The molecule has 19 heavy (non-hydrogen) atoms. The number of phenols is 1. The van der Waals surface area contributed by atoms with Crippen molar-refractivity contribution >= 4 is 41.7 Å². The Hall–Kier alpha value is -0.110. The maximum absolute atomic E-state index is 11.7. The Morgan fingerprint density at radius 3 is 2.47 bits per heavy atom. The summed E-state index contributed by atoms with van der Waals surface area (Å²) >= 11 is 6.54. The van der Waals surface area contributed by atoms with Crippen molar-refractivity contribution in [2.45, 2.75) is 24.6 Å². The fourth-order valence-electron chi connectivity index (χ4n) is 2.19. The monoisotopic (exact) mass is 411 g/mol. The number of halogens is 2. The number of hydrogen-bond donors (Lipinski definition) is 2. The molecule has 0 amide bonds. The van der Waals surface area contributed by atoms with Gasteiger partial charge in [-0.3, -0.25) is 0 Å². The summed E-state index contributed by atoms with van der Waals surface area (Å²) in [6.07, 6.45) is 1.52. The molecular formula is C12H15Br2NO3S. The fraction of sp³-hybridized carbons (Fsp3) is 0.500. The Balaban J connectivity index is 1.93. The molecule has 7 heteroatoms. The van der Waals surface area contributed by atoms with E-state index in [1.807, 2.05) is 12.1 Å². The topological polar surface area (TPSA) is 66.4 Å². The molecule has 0 radical (unpaired) electrons. The maximum Gasteiger partial charge on any atom is 0.154 e. The van der Waals surface area contributed by atoms with Gasteiger partial charge in [0.25, 0.3) is 0 Å². The molecule has 0 aromatic heterocycles. The van der Waals surface area contributed by atoms with Crippen molar-refractivity contribution in [1.82, 2.24) is 5.32 Å². The molecule has 1 unspecified atom stereocenters. The highest BCUT2D eigenvalue weighted by Gasteiger charge is 2.30. The van der Waals surface area contributed by atoms with E-state index in [4.69, 9.17) is 0 Å². The van der Waals surface area contributed by atoms with Crippen LogP contribution in [-0.4, -0.2) is 31.1 Å². The predicted octanol–water partition coefficient (Wildman–Crippen LogP) is 2.58. The lowest BCUT2D eigenvalue weighted by molar-refractivity contribution is 0.468. The van der Waals surface area contributed by atoms with E-state index in [9.17, 15) is 13.5 Å². The first-order valence-corrected chi connectivity index (χ1v) is 9.29. The van der Waals surface area contributed by atoms with Gasteiger partial charge in [-0.05, 0) is 62.4 Å². The fourth-order valence-corrected chi connectivity index (χ4v) is 5.27. The molecule has 4 nitrogen and oxygen atoms in total. The van der Waals surface area contributed by atoms with E-state index >= 15 is 0 Å². The summed E-state index contributed by atoms with van der Waals surface area (Å²) in [6, 6.07) is 3.63. The van der Waals surface area contributed by atoms with Crippen LogP contribution in [0.2, 0.25) is 0 Å². The zero-order valence-electron chi connectivity index (χ0n) is 10.2. The van der Waals surface area contributed by atoms with E-state index in [1.165, 1.54) is 0 Å². The van der Waals surface area contributed by atoms with Crippen LogP contribution >= 0.6 is 31.9 Å². The van der Waals surface area contributed by atoms with Crippen LogP contribution < -0.4 is 5.32 Å². The van der Waals surface area contributed by atoms with Crippen molar-refractivity contribution < 1.29 is 13.5 Å². The van der Waals surface area contributed by atoms with Crippen molar-refractivity contribution in [3.05, 3.63) is 26.6 Å². The largest absolute Gasteiger partial charge is 0.506 e. The van der Waals surface area contributed by atoms with Gasteiger partial charge in [0.05, 0.1) is 19.9 Å². The summed E-state index contributed by atoms with van der Waals surface area (Å²) in [4.78, 5) is 0. The van der Waals surface area contributed by atoms with Crippen LogP contribution in [0.5, 0.6) is 5.75 Å². The normalized spacial score (nSPS) is 21.7. The first-order chi connectivity index (χ1) is 8.90. The average Bonchev–Trinajstić information content (AvgIpc) is 2.66. The molecule has 106 valence electrons. The molecule has 1 saturated heterocycles. The smallest absolute Gasteiger partial charge is 0.154 e. The van der Waals surface area contributed by atoms with Gasteiger partial charge in [0.1, 0.15) is 5.75 Å². The SMILES string of the molecule is O=S1(=O)CCCC1CNCc1cc(Br)c(O)c(Br)c1. The maximum atomic E-state index is 11.7. The van der Waals surface area contributed by atoms with Crippen molar-refractivity contribution in [2.24, 2.45) is 0 Å². The summed E-state index contributed by atoms with van der Waals surface area (Å²) in [5, 5.41) is 12.5. The van der Waals surface area contributed by atoms with Crippen LogP contribution in [0.3, 0.4) is 0 Å². The number of aromatic hydroxyl groups is 1. The predicted molar refractivity (Wildman–Crippen MR) is 82.0 cm³/mol. The molecule has 0 bridgehead atoms. The molecule has 2 N–H and O–H groups in total. The van der Waals surface area contributed by atoms with Crippen molar-refractivity contribution in [1.29, 1.82) is 0 Å². The minimum absolute atomic E-state index is 0.169. The Kier molecular flexibility index (Phi) is 4.92. The molecule has 1 aromatic rings. The number of rotatable bonds is 4. The van der Waals surface area contributed by atoms with Gasteiger partial charge >= 0.3 is 0 Å². The second-order valence-corrected chi connectivity index (χ2v) is 8.78. The zero-order chi connectivity index (χ0) is 14.0. The Bertz CT molecular complexity index is 551. The van der Waals surface area contributed by atoms with Crippen LogP contribution in [-0.2, 0) is 16.4 Å². The lowest BCUT2D eigenvalue weighted by Gasteiger charge is -2.11. The minimum atomic E-state index is -2.89. The summed E-state index contributed by atoms with van der Waals surface area (Å²) in [5.74, 6) is 0.484. The van der Waals surface area contributed by atoms with Gasteiger partial charge in [0.15, 0.2) is 9.84 Å². The van der Waals surface area contributed by atoms with Gasteiger partial charge < -0.3 is 10.4 Å².